The number of imide groups is 1. The van der Waals surface area contributed by atoms with E-state index in [9.17, 15) is 14.4 Å². The second-order valence-electron chi connectivity index (χ2n) is 6.05. The SMILES string of the molecule is C=CCC(CC=C)(C(=O)NC(=O)NC1CCCCC1)C(=O)OCC. The molecule has 1 aliphatic rings. The highest BCUT2D eigenvalue weighted by atomic mass is 16.5. The highest BCUT2D eigenvalue weighted by Crippen LogP contribution is 2.30. The molecule has 1 fully saturated rings. The van der Waals surface area contributed by atoms with Crippen LogP contribution in [-0.4, -0.2) is 30.6 Å². The standard InChI is InChI=1S/C18H28N2O4/c1-4-12-18(13-5-2,16(22)24-6-3)15(21)20-17(23)19-14-10-8-7-9-11-14/h4-5,14H,1-2,6-13H2,3H3,(H2,19,20,21,23). The molecule has 1 rings (SSSR count). The second-order valence-corrected chi connectivity index (χ2v) is 6.05. The van der Waals surface area contributed by atoms with Crippen molar-refractivity contribution in [2.24, 2.45) is 5.41 Å². The van der Waals surface area contributed by atoms with Crippen LogP contribution in [0.25, 0.3) is 0 Å². The lowest BCUT2D eigenvalue weighted by atomic mass is 9.80. The molecule has 6 heteroatoms. The lowest BCUT2D eigenvalue weighted by Gasteiger charge is -2.28. The predicted molar refractivity (Wildman–Crippen MR) is 92.2 cm³/mol. The van der Waals surface area contributed by atoms with Gasteiger partial charge in [-0.2, -0.15) is 0 Å². The fourth-order valence-electron chi connectivity index (χ4n) is 2.98. The van der Waals surface area contributed by atoms with Gasteiger partial charge in [-0.05, 0) is 32.6 Å². The van der Waals surface area contributed by atoms with Crippen molar-refractivity contribution in [1.82, 2.24) is 10.6 Å². The van der Waals surface area contributed by atoms with Crippen LogP contribution >= 0.6 is 0 Å². The molecule has 24 heavy (non-hydrogen) atoms. The van der Waals surface area contributed by atoms with E-state index in [1.54, 1.807) is 6.92 Å². The molecule has 0 radical (unpaired) electrons. The molecule has 0 bridgehead atoms. The summed E-state index contributed by atoms with van der Waals surface area (Å²) in [4.78, 5) is 37.1. The zero-order valence-electron chi connectivity index (χ0n) is 14.4. The van der Waals surface area contributed by atoms with Crippen LogP contribution in [0.1, 0.15) is 51.9 Å². The lowest BCUT2D eigenvalue weighted by molar-refractivity contribution is -0.160. The Morgan fingerprint density at radius 3 is 2.21 bits per heavy atom. The van der Waals surface area contributed by atoms with Crippen LogP contribution in [0.5, 0.6) is 0 Å². The number of rotatable bonds is 8. The van der Waals surface area contributed by atoms with Crippen LogP contribution in [0.3, 0.4) is 0 Å². The molecule has 0 saturated heterocycles. The molecule has 0 atom stereocenters. The fraction of sp³-hybridized carbons (Fsp3) is 0.611. The maximum atomic E-state index is 12.6. The van der Waals surface area contributed by atoms with Gasteiger partial charge >= 0.3 is 12.0 Å². The van der Waals surface area contributed by atoms with Crippen molar-refractivity contribution in [3.63, 3.8) is 0 Å². The van der Waals surface area contributed by atoms with Gasteiger partial charge in [0.15, 0.2) is 5.41 Å². The number of hydrogen-bond acceptors (Lipinski definition) is 4. The van der Waals surface area contributed by atoms with Gasteiger partial charge in [-0.15, -0.1) is 13.2 Å². The topological polar surface area (TPSA) is 84.5 Å². The number of esters is 1. The van der Waals surface area contributed by atoms with E-state index in [-0.39, 0.29) is 25.5 Å². The molecule has 0 heterocycles. The zero-order chi connectivity index (χ0) is 18.0. The third-order valence-electron chi connectivity index (χ3n) is 4.25. The third kappa shape index (κ3) is 5.22. The molecule has 1 aliphatic carbocycles. The van der Waals surface area contributed by atoms with E-state index < -0.39 is 23.3 Å². The number of allylic oxidation sites excluding steroid dienone is 2. The molecule has 6 nitrogen and oxygen atoms in total. The average Bonchev–Trinajstić information content (AvgIpc) is 2.55. The first-order valence-electron chi connectivity index (χ1n) is 8.51. The molecule has 3 amide bonds. The molecule has 0 aromatic rings. The maximum Gasteiger partial charge on any atom is 0.322 e. The smallest absolute Gasteiger partial charge is 0.322 e. The van der Waals surface area contributed by atoms with Crippen molar-refractivity contribution >= 4 is 17.9 Å². The van der Waals surface area contributed by atoms with E-state index in [0.717, 1.165) is 25.7 Å². The van der Waals surface area contributed by atoms with Crippen molar-refractivity contribution in [3.05, 3.63) is 25.3 Å². The monoisotopic (exact) mass is 336 g/mol. The van der Waals surface area contributed by atoms with Gasteiger partial charge in [-0.3, -0.25) is 14.9 Å². The van der Waals surface area contributed by atoms with E-state index >= 15 is 0 Å². The van der Waals surface area contributed by atoms with Gasteiger partial charge in [0.25, 0.3) is 0 Å². The number of ether oxygens (including phenoxy) is 1. The minimum absolute atomic E-state index is 0.0698. The Morgan fingerprint density at radius 2 is 1.71 bits per heavy atom. The molecular weight excluding hydrogens is 308 g/mol. The quantitative estimate of drug-likeness (QED) is 0.405. The maximum absolute atomic E-state index is 12.6. The normalized spacial score (nSPS) is 15.2. The largest absolute Gasteiger partial charge is 0.465 e. The molecule has 0 aliphatic heterocycles. The van der Waals surface area contributed by atoms with Gasteiger partial charge < -0.3 is 10.1 Å². The summed E-state index contributed by atoms with van der Waals surface area (Å²) < 4.78 is 5.04. The van der Waals surface area contributed by atoms with Crippen LogP contribution in [0.2, 0.25) is 0 Å². The van der Waals surface area contributed by atoms with Gasteiger partial charge in [0.1, 0.15) is 0 Å². The lowest BCUT2D eigenvalue weighted by Crippen LogP contribution is -2.53. The number of carbonyl (C=O) groups excluding carboxylic acids is 3. The second kappa shape index (κ2) is 9.90. The van der Waals surface area contributed by atoms with Gasteiger partial charge in [0, 0.05) is 6.04 Å². The van der Waals surface area contributed by atoms with E-state index in [4.69, 9.17) is 4.74 Å². The molecule has 0 aromatic heterocycles. The Labute approximate surface area is 143 Å². The highest BCUT2D eigenvalue weighted by molar-refractivity contribution is 6.08. The van der Waals surface area contributed by atoms with Crippen molar-refractivity contribution in [1.29, 1.82) is 0 Å². The molecule has 0 aromatic carbocycles. The Bertz CT molecular complexity index is 471. The number of carbonyl (C=O) groups is 3. The summed E-state index contributed by atoms with van der Waals surface area (Å²) in [7, 11) is 0. The summed E-state index contributed by atoms with van der Waals surface area (Å²) in [5, 5.41) is 5.09. The average molecular weight is 336 g/mol. The molecule has 1 saturated carbocycles. The summed E-state index contributed by atoms with van der Waals surface area (Å²) >= 11 is 0. The minimum atomic E-state index is -1.51. The van der Waals surface area contributed by atoms with Gasteiger partial charge in [-0.1, -0.05) is 31.4 Å². The van der Waals surface area contributed by atoms with Crippen molar-refractivity contribution in [2.75, 3.05) is 6.61 Å². The van der Waals surface area contributed by atoms with Crippen LogP contribution < -0.4 is 10.6 Å². The van der Waals surface area contributed by atoms with E-state index in [2.05, 4.69) is 23.8 Å². The summed E-state index contributed by atoms with van der Waals surface area (Å²) in [6, 6.07) is -0.504. The Balaban J connectivity index is 2.81. The first kappa shape index (κ1) is 19.9. The Morgan fingerprint density at radius 1 is 1.12 bits per heavy atom. The summed E-state index contributed by atoms with van der Waals surface area (Å²) in [6.07, 6.45) is 8.20. The summed E-state index contributed by atoms with van der Waals surface area (Å²) in [5.41, 5.74) is -1.51. The first-order valence-corrected chi connectivity index (χ1v) is 8.51. The van der Waals surface area contributed by atoms with Gasteiger partial charge in [0.2, 0.25) is 5.91 Å². The van der Waals surface area contributed by atoms with Gasteiger partial charge in [-0.25, -0.2) is 4.79 Å². The predicted octanol–water partition coefficient (Wildman–Crippen LogP) is 2.85. The molecule has 0 unspecified atom stereocenters. The highest BCUT2D eigenvalue weighted by Gasteiger charge is 2.46. The Kier molecular flexibility index (Phi) is 8.22. The number of amides is 3. The third-order valence-corrected chi connectivity index (χ3v) is 4.25. The van der Waals surface area contributed by atoms with Crippen LogP contribution in [-0.2, 0) is 14.3 Å². The summed E-state index contributed by atoms with van der Waals surface area (Å²) in [5.74, 6) is -1.36. The molecule has 134 valence electrons. The fourth-order valence-corrected chi connectivity index (χ4v) is 2.98. The van der Waals surface area contributed by atoms with Crippen LogP contribution in [0.4, 0.5) is 4.79 Å². The Hall–Kier alpha value is -2.11. The zero-order valence-corrected chi connectivity index (χ0v) is 14.4. The minimum Gasteiger partial charge on any atom is -0.465 e. The first-order chi connectivity index (χ1) is 11.5. The van der Waals surface area contributed by atoms with Crippen LogP contribution in [0.15, 0.2) is 25.3 Å². The van der Waals surface area contributed by atoms with E-state index in [1.165, 1.54) is 18.6 Å². The van der Waals surface area contributed by atoms with Crippen molar-refractivity contribution in [3.8, 4) is 0 Å². The van der Waals surface area contributed by atoms with Crippen molar-refractivity contribution in [2.45, 2.75) is 57.9 Å². The number of nitrogens with one attached hydrogen (secondary N) is 2. The molecule has 0 spiro atoms. The van der Waals surface area contributed by atoms with Crippen molar-refractivity contribution < 1.29 is 19.1 Å². The number of urea groups is 1. The van der Waals surface area contributed by atoms with E-state index in [0.29, 0.717) is 0 Å². The summed E-state index contributed by atoms with van der Waals surface area (Å²) in [6.45, 7) is 9.02. The van der Waals surface area contributed by atoms with Crippen LogP contribution in [0, 0.1) is 5.41 Å². The van der Waals surface area contributed by atoms with Gasteiger partial charge in [0.05, 0.1) is 6.61 Å². The molecular formula is C18H28N2O4. The van der Waals surface area contributed by atoms with E-state index in [1.807, 2.05) is 0 Å². The molecule has 2 N–H and O–H groups in total. The number of hydrogen-bond donors (Lipinski definition) is 2.